The normalized spacial score (nSPS) is 10.3. The number of aromatic nitrogens is 1. The number of nitrogens with zero attached hydrogens (tertiary/aromatic N) is 1. The third kappa shape index (κ3) is 3.72. The lowest BCUT2D eigenvalue weighted by Crippen LogP contribution is -2.33. The van der Waals surface area contributed by atoms with Crippen molar-refractivity contribution in [2.45, 2.75) is 13.3 Å². The van der Waals surface area contributed by atoms with Crippen LogP contribution in [0.25, 0.3) is 11.3 Å². The number of carbonyl (C=O) groups is 2. The number of carbonyl (C=O) groups excluding carboxylic acids is 1. The smallest absolute Gasteiger partial charge is 0.305 e. The van der Waals surface area contributed by atoms with Crippen LogP contribution in [0.2, 0.25) is 0 Å². The van der Waals surface area contributed by atoms with Gasteiger partial charge in [0.05, 0.1) is 6.42 Å². The fraction of sp³-hybridized carbons (Fsp3) is 0.250. The van der Waals surface area contributed by atoms with E-state index >= 15 is 0 Å². The lowest BCUT2D eigenvalue weighted by molar-refractivity contribution is -0.137. The van der Waals surface area contributed by atoms with Crippen LogP contribution in [0.3, 0.4) is 0 Å². The average molecular weight is 286 g/mol. The van der Waals surface area contributed by atoms with Crippen molar-refractivity contribution in [3.05, 3.63) is 48.2 Å². The maximum atomic E-state index is 12.3. The van der Waals surface area contributed by atoms with Gasteiger partial charge in [-0.3, -0.25) is 9.59 Å². The van der Waals surface area contributed by atoms with Crippen molar-refractivity contribution in [3.8, 4) is 11.3 Å². The van der Waals surface area contributed by atoms with Crippen molar-refractivity contribution in [1.29, 1.82) is 0 Å². The number of nitrogens with one attached hydrogen (secondary N) is 1. The van der Waals surface area contributed by atoms with Gasteiger partial charge in [0.15, 0.2) is 0 Å². The maximum absolute atomic E-state index is 12.3. The molecule has 110 valence electrons. The van der Waals surface area contributed by atoms with E-state index in [4.69, 9.17) is 5.11 Å². The third-order valence-electron chi connectivity index (χ3n) is 3.27. The highest BCUT2D eigenvalue weighted by Gasteiger charge is 2.17. The molecular formula is C16H18N2O3. The first-order valence-corrected chi connectivity index (χ1v) is 6.87. The van der Waals surface area contributed by atoms with E-state index in [0.29, 0.717) is 12.2 Å². The van der Waals surface area contributed by atoms with Crippen molar-refractivity contribution in [3.63, 3.8) is 0 Å². The quantitative estimate of drug-likeness (QED) is 0.857. The number of hydrogen-bond acceptors (Lipinski definition) is 2. The van der Waals surface area contributed by atoms with Crippen LogP contribution >= 0.6 is 0 Å². The van der Waals surface area contributed by atoms with Gasteiger partial charge in [-0.15, -0.1) is 0 Å². The Kier molecular flexibility index (Phi) is 4.77. The van der Waals surface area contributed by atoms with Crippen molar-refractivity contribution >= 4 is 11.9 Å². The first-order valence-electron chi connectivity index (χ1n) is 6.87. The molecule has 0 fully saturated rings. The topological polar surface area (TPSA) is 73.4 Å². The van der Waals surface area contributed by atoms with Gasteiger partial charge in [-0.1, -0.05) is 30.3 Å². The van der Waals surface area contributed by atoms with E-state index in [0.717, 1.165) is 11.3 Å². The lowest BCUT2D eigenvalue weighted by Gasteiger charge is -2.19. The maximum Gasteiger partial charge on any atom is 0.305 e. The summed E-state index contributed by atoms with van der Waals surface area (Å²) in [7, 11) is 0. The molecule has 1 aromatic heterocycles. The van der Waals surface area contributed by atoms with Gasteiger partial charge in [-0.25, -0.2) is 0 Å². The number of aliphatic carboxylic acids is 1. The van der Waals surface area contributed by atoms with Gasteiger partial charge in [0.25, 0.3) is 5.91 Å². The molecular weight excluding hydrogens is 268 g/mol. The van der Waals surface area contributed by atoms with Crippen molar-refractivity contribution in [2.75, 3.05) is 13.1 Å². The van der Waals surface area contributed by atoms with Gasteiger partial charge in [-0.05, 0) is 24.6 Å². The van der Waals surface area contributed by atoms with E-state index in [1.54, 1.807) is 6.07 Å². The molecule has 5 nitrogen and oxygen atoms in total. The number of benzene rings is 1. The molecule has 0 aliphatic heterocycles. The number of H-pyrrole nitrogens is 1. The number of rotatable bonds is 6. The molecule has 21 heavy (non-hydrogen) atoms. The molecule has 2 N–H and O–H groups in total. The van der Waals surface area contributed by atoms with E-state index in [2.05, 4.69) is 4.98 Å². The summed E-state index contributed by atoms with van der Waals surface area (Å²) in [5.41, 5.74) is 2.35. The summed E-state index contributed by atoms with van der Waals surface area (Å²) in [6, 6.07) is 13.3. The van der Waals surface area contributed by atoms with Gasteiger partial charge in [0.2, 0.25) is 0 Å². The molecule has 0 aliphatic carbocycles. The standard InChI is InChI=1S/C16H18N2O3/c1-2-18(11-10-15(19)20)16(21)14-9-8-13(17-14)12-6-4-3-5-7-12/h3-9,17H,2,10-11H2,1H3,(H,19,20). The molecule has 5 heteroatoms. The van der Waals surface area contributed by atoms with Gasteiger partial charge >= 0.3 is 5.97 Å². The minimum absolute atomic E-state index is 0.0498. The third-order valence-corrected chi connectivity index (χ3v) is 3.27. The Balaban J connectivity index is 2.12. The molecule has 1 amide bonds. The Labute approximate surface area is 123 Å². The van der Waals surface area contributed by atoms with Gasteiger partial charge in [-0.2, -0.15) is 0 Å². The van der Waals surface area contributed by atoms with Crippen LogP contribution in [0.5, 0.6) is 0 Å². The Morgan fingerprint density at radius 2 is 1.86 bits per heavy atom. The van der Waals surface area contributed by atoms with E-state index < -0.39 is 5.97 Å². The molecule has 1 heterocycles. The summed E-state index contributed by atoms with van der Waals surface area (Å²) in [5, 5.41) is 8.72. The number of aromatic amines is 1. The second-order valence-electron chi connectivity index (χ2n) is 4.68. The van der Waals surface area contributed by atoms with Crippen LogP contribution in [0, 0.1) is 0 Å². The van der Waals surface area contributed by atoms with Crippen molar-refractivity contribution in [1.82, 2.24) is 9.88 Å². The highest BCUT2D eigenvalue weighted by Crippen LogP contribution is 2.18. The molecule has 0 spiro atoms. The van der Waals surface area contributed by atoms with Crippen LogP contribution in [-0.2, 0) is 4.79 Å². The highest BCUT2D eigenvalue weighted by atomic mass is 16.4. The van der Waals surface area contributed by atoms with Gasteiger partial charge in [0, 0.05) is 18.8 Å². The Hall–Kier alpha value is -2.56. The van der Waals surface area contributed by atoms with Crippen LogP contribution < -0.4 is 0 Å². The summed E-state index contributed by atoms with van der Waals surface area (Å²) >= 11 is 0. The summed E-state index contributed by atoms with van der Waals surface area (Å²) < 4.78 is 0. The molecule has 0 saturated heterocycles. The zero-order valence-corrected chi connectivity index (χ0v) is 11.9. The summed E-state index contributed by atoms with van der Waals surface area (Å²) in [6.45, 7) is 2.52. The van der Waals surface area contributed by atoms with Crippen LogP contribution in [0.15, 0.2) is 42.5 Å². The Morgan fingerprint density at radius 3 is 2.48 bits per heavy atom. The number of carboxylic acid groups (broad SMARTS) is 1. The van der Waals surface area contributed by atoms with Crippen molar-refractivity contribution in [2.24, 2.45) is 0 Å². The Morgan fingerprint density at radius 1 is 1.14 bits per heavy atom. The Bertz CT molecular complexity index is 619. The number of amides is 1. The summed E-state index contributed by atoms with van der Waals surface area (Å²) in [4.78, 5) is 27.6. The van der Waals surface area contributed by atoms with Gasteiger partial charge < -0.3 is 15.0 Å². The zero-order valence-electron chi connectivity index (χ0n) is 11.9. The minimum Gasteiger partial charge on any atom is -0.481 e. The van der Waals surface area contributed by atoms with Crippen molar-refractivity contribution < 1.29 is 14.7 Å². The van der Waals surface area contributed by atoms with Crippen LogP contribution in [0.1, 0.15) is 23.8 Å². The molecule has 0 bridgehead atoms. The van der Waals surface area contributed by atoms with E-state index in [1.807, 2.05) is 43.3 Å². The molecule has 0 radical (unpaired) electrons. The van der Waals surface area contributed by atoms with Crippen LogP contribution in [-0.4, -0.2) is 40.0 Å². The molecule has 0 unspecified atom stereocenters. The number of carboxylic acids is 1. The molecule has 2 rings (SSSR count). The minimum atomic E-state index is -0.905. The SMILES string of the molecule is CCN(CCC(=O)O)C(=O)c1ccc(-c2ccccc2)[nH]1. The molecule has 1 aromatic carbocycles. The van der Waals surface area contributed by atoms with Crippen LogP contribution in [0.4, 0.5) is 0 Å². The molecule has 0 aliphatic rings. The average Bonchev–Trinajstić information content (AvgIpc) is 2.98. The summed E-state index contributed by atoms with van der Waals surface area (Å²) in [6.07, 6.45) is -0.0498. The van der Waals surface area contributed by atoms with E-state index in [1.165, 1.54) is 4.90 Å². The first-order chi connectivity index (χ1) is 10.1. The number of hydrogen-bond donors (Lipinski definition) is 2. The molecule has 0 saturated carbocycles. The predicted molar refractivity (Wildman–Crippen MR) is 80.1 cm³/mol. The molecule has 0 atom stereocenters. The largest absolute Gasteiger partial charge is 0.481 e. The fourth-order valence-corrected chi connectivity index (χ4v) is 2.11. The fourth-order valence-electron chi connectivity index (χ4n) is 2.11. The van der Waals surface area contributed by atoms with E-state index in [-0.39, 0.29) is 18.9 Å². The second-order valence-corrected chi connectivity index (χ2v) is 4.68. The van der Waals surface area contributed by atoms with Gasteiger partial charge in [0.1, 0.15) is 5.69 Å². The summed E-state index contributed by atoms with van der Waals surface area (Å²) in [5.74, 6) is -1.08. The highest BCUT2D eigenvalue weighted by molar-refractivity contribution is 5.93. The zero-order chi connectivity index (χ0) is 15.2. The van der Waals surface area contributed by atoms with E-state index in [9.17, 15) is 9.59 Å². The monoisotopic (exact) mass is 286 g/mol. The lowest BCUT2D eigenvalue weighted by atomic mass is 10.2. The molecule has 2 aromatic rings. The first kappa shape index (κ1) is 14.8. The predicted octanol–water partition coefficient (Wildman–Crippen LogP) is 2.62. The second kappa shape index (κ2) is 6.74.